The van der Waals surface area contributed by atoms with Crippen molar-refractivity contribution in [2.24, 2.45) is 0 Å². The summed E-state index contributed by atoms with van der Waals surface area (Å²) in [5.74, 6) is 0.0773. The van der Waals surface area contributed by atoms with Crippen molar-refractivity contribution in [2.45, 2.75) is 5.92 Å². The van der Waals surface area contributed by atoms with Crippen LogP contribution in [0.5, 0.6) is 0 Å². The van der Waals surface area contributed by atoms with Gasteiger partial charge in [-0.25, -0.2) is 0 Å². The number of hydrogen-bond donors (Lipinski definition) is 0. The first-order valence-corrected chi connectivity index (χ1v) is 10.8. The zero-order valence-electron chi connectivity index (χ0n) is 17.5. The molecule has 0 aliphatic heterocycles. The first-order chi connectivity index (χ1) is 15.9. The molecule has 3 aromatic carbocycles. The van der Waals surface area contributed by atoms with E-state index >= 15 is 0 Å². The Kier molecular flexibility index (Phi) is 4.51. The second kappa shape index (κ2) is 7.78. The second-order valence-electron chi connectivity index (χ2n) is 7.88. The second-order valence-corrected chi connectivity index (χ2v) is 7.88. The molecule has 2 heterocycles. The lowest BCUT2D eigenvalue weighted by Crippen LogP contribution is -2.14. The van der Waals surface area contributed by atoms with E-state index in [2.05, 4.69) is 102 Å². The minimum absolute atomic E-state index is 0.0773. The van der Waals surface area contributed by atoms with Crippen LogP contribution in [0.25, 0.3) is 11.4 Å². The number of aromatic nitrogens is 2. The summed E-state index contributed by atoms with van der Waals surface area (Å²) in [7, 11) is 0. The largest absolute Gasteiger partial charge is 0.310 e. The van der Waals surface area contributed by atoms with Gasteiger partial charge in [0.15, 0.2) is 0 Å². The molecule has 0 spiro atoms. The SMILES string of the molecule is c1ccc(N(c2ccccc2)c2ccccc2C2c3cccnc3-c3ncccc32)cc1. The minimum atomic E-state index is 0.0773. The summed E-state index contributed by atoms with van der Waals surface area (Å²) < 4.78 is 0. The van der Waals surface area contributed by atoms with Crippen molar-refractivity contribution in [3.05, 3.63) is 138 Å². The van der Waals surface area contributed by atoms with Crippen LogP contribution in [0.15, 0.2) is 122 Å². The highest BCUT2D eigenvalue weighted by atomic mass is 15.1. The van der Waals surface area contributed by atoms with Crippen molar-refractivity contribution in [1.82, 2.24) is 9.97 Å². The maximum Gasteiger partial charge on any atom is 0.0930 e. The third kappa shape index (κ3) is 2.98. The zero-order chi connectivity index (χ0) is 21.3. The molecular weight excluding hydrogens is 390 g/mol. The van der Waals surface area contributed by atoms with Gasteiger partial charge < -0.3 is 4.90 Å². The molecule has 0 amide bonds. The average molecular weight is 412 g/mol. The molecule has 0 atom stereocenters. The van der Waals surface area contributed by atoms with Gasteiger partial charge in [0, 0.05) is 29.7 Å². The normalized spacial score (nSPS) is 12.2. The summed E-state index contributed by atoms with van der Waals surface area (Å²) >= 11 is 0. The van der Waals surface area contributed by atoms with Crippen LogP contribution in [0.2, 0.25) is 0 Å². The third-order valence-electron chi connectivity index (χ3n) is 6.04. The minimum Gasteiger partial charge on any atom is -0.310 e. The Morgan fingerprint density at radius 1 is 0.469 bits per heavy atom. The summed E-state index contributed by atoms with van der Waals surface area (Å²) in [4.78, 5) is 11.7. The van der Waals surface area contributed by atoms with Crippen molar-refractivity contribution < 1.29 is 0 Å². The lowest BCUT2D eigenvalue weighted by atomic mass is 9.88. The van der Waals surface area contributed by atoms with E-state index in [0.717, 1.165) is 28.5 Å². The number of para-hydroxylation sites is 3. The number of pyridine rings is 2. The number of nitrogens with zero attached hydrogens (tertiary/aromatic N) is 3. The lowest BCUT2D eigenvalue weighted by Gasteiger charge is -2.29. The van der Waals surface area contributed by atoms with Gasteiger partial charge in [0.05, 0.1) is 17.1 Å². The highest BCUT2D eigenvalue weighted by molar-refractivity contribution is 5.82. The standard InChI is InChI=1S/C29H21N3/c1-3-11-21(12-4-1)32(22-13-5-2-6-14-22)26-18-8-7-15-23(26)27-24-16-9-19-30-28(24)29-25(27)17-10-20-31-29/h1-20,27H. The smallest absolute Gasteiger partial charge is 0.0930 e. The van der Waals surface area contributed by atoms with Crippen LogP contribution in [-0.4, -0.2) is 9.97 Å². The van der Waals surface area contributed by atoms with E-state index in [1.54, 1.807) is 0 Å². The van der Waals surface area contributed by atoms with E-state index in [9.17, 15) is 0 Å². The maximum absolute atomic E-state index is 4.69. The molecule has 5 aromatic rings. The molecule has 0 radical (unpaired) electrons. The highest BCUT2D eigenvalue weighted by Gasteiger charge is 2.34. The van der Waals surface area contributed by atoms with Crippen molar-refractivity contribution in [2.75, 3.05) is 4.90 Å². The fourth-order valence-electron chi connectivity index (χ4n) is 4.72. The van der Waals surface area contributed by atoms with Crippen LogP contribution in [0.4, 0.5) is 17.1 Å². The number of fused-ring (bicyclic) bond motifs is 3. The van der Waals surface area contributed by atoms with E-state index in [-0.39, 0.29) is 5.92 Å². The van der Waals surface area contributed by atoms with Gasteiger partial charge in [0.2, 0.25) is 0 Å². The lowest BCUT2D eigenvalue weighted by molar-refractivity contribution is 0.997. The summed E-state index contributed by atoms with van der Waals surface area (Å²) in [5, 5.41) is 0. The zero-order valence-corrected chi connectivity index (χ0v) is 17.5. The molecule has 3 heteroatoms. The number of anilines is 3. The predicted molar refractivity (Wildman–Crippen MR) is 130 cm³/mol. The Morgan fingerprint density at radius 3 is 1.50 bits per heavy atom. The predicted octanol–water partition coefficient (Wildman–Crippen LogP) is 7.11. The summed E-state index contributed by atoms with van der Waals surface area (Å²) in [5.41, 5.74) is 9.01. The van der Waals surface area contributed by atoms with Gasteiger partial charge in [-0.2, -0.15) is 0 Å². The van der Waals surface area contributed by atoms with Gasteiger partial charge in [-0.1, -0.05) is 66.7 Å². The van der Waals surface area contributed by atoms with Gasteiger partial charge in [-0.15, -0.1) is 0 Å². The molecule has 0 bridgehead atoms. The molecule has 0 fully saturated rings. The molecule has 6 rings (SSSR count). The van der Waals surface area contributed by atoms with E-state index < -0.39 is 0 Å². The summed E-state index contributed by atoms with van der Waals surface area (Å²) in [6.45, 7) is 0. The Balaban J connectivity index is 1.60. The molecule has 2 aromatic heterocycles. The summed E-state index contributed by atoms with van der Waals surface area (Å²) in [6, 6.07) is 38.2. The van der Waals surface area contributed by atoms with Crippen molar-refractivity contribution in [3.8, 4) is 11.4 Å². The quantitative estimate of drug-likeness (QED) is 0.310. The van der Waals surface area contributed by atoms with E-state index in [4.69, 9.17) is 9.97 Å². The van der Waals surface area contributed by atoms with Crippen LogP contribution >= 0.6 is 0 Å². The summed E-state index contributed by atoms with van der Waals surface area (Å²) in [6.07, 6.45) is 3.71. The number of hydrogen-bond acceptors (Lipinski definition) is 3. The Labute approximate surface area is 187 Å². The van der Waals surface area contributed by atoms with Gasteiger partial charge in [0.25, 0.3) is 0 Å². The first-order valence-electron chi connectivity index (χ1n) is 10.8. The van der Waals surface area contributed by atoms with Crippen LogP contribution in [-0.2, 0) is 0 Å². The molecule has 3 nitrogen and oxygen atoms in total. The van der Waals surface area contributed by atoms with Gasteiger partial charge in [-0.3, -0.25) is 9.97 Å². The fraction of sp³-hybridized carbons (Fsp3) is 0.0345. The maximum atomic E-state index is 4.69. The molecule has 1 aliphatic carbocycles. The van der Waals surface area contributed by atoms with Gasteiger partial charge >= 0.3 is 0 Å². The van der Waals surface area contributed by atoms with Crippen molar-refractivity contribution in [3.63, 3.8) is 0 Å². The Morgan fingerprint density at radius 2 is 0.938 bits per heavy atom. The van der Waals surface area contributed by atoms with E-state index in [1.165, 1.54) is 16.7 Å². The van der Waals surface area contributed by atoms with Crippen molar-refractivity contribution in [1.29, 1.82) is 0 Å². The molecule has 32 heavy (non-hydrogen) atoms. The molecule has 1 aliphatic rings. The molecule has 0 saturated heterocycles. The molecule has 0 N–H and O–H groups in total. The monoisotopic (exact) mass is 411 g/mol. The Hall–Kier alpha value is -4.24. The Bertz CT molecular complexity index is 1270. The topological polar surface area (TPSA) is 29.0 Å². The molecule has 152 valence electrons. The van der Waals surface area contributed by atoms with E-state index in [0.29, 0.717) is 0 Å². The van der Waals surface area contributed by atoms with E-state index in [1.807, 2.05) is 24.5 Å². The average Bonchev–Trinajstić information content (AvgIpc) is 3.20. The molecule has 0 saturated carbocycles. The third-order valence-corrected chi connectivity index (χ3v) is 6.04. The molecular formula is C29H21N3. The van der Waals surface area contributed by atoms with Crippen LogP contribution < -0.4 is 4.90 Å². The number of benzene rings is 3. The molecule has 0 unspecified atom stereocenters. The van der Waals surface area contributed by atoms with Gasteiger partial charge in [-0.05, 0) is 59.2 Å². The first kappa shape index (κ1) is 18.5. The fourth-order valence-corrected chi connectivity index (χ4v) is 4.72. The van der Waals surface area contributed by atoms with Crippen LogP contribution in [0, 0.1) is 0 Å². The number of rotatable bonds is 4. The van der Waals surface area contributed by atoms with Crippen LogP contribution in [0.1, 0.15) is 22.6 Å². The van der Waals surface area contributed by atoms with Gasteiger partial charge in [0.1, 0.15) is 0 Å². The van der Waals surface area contributed by atoms with Crippen LogP contribution in [0.3, 0.4) is 0 Å². The highest BCUT2D eigenvalue weighted by Crippen LogP contribution is 2.49. The van der Waals surface area contributed by atoms with Crippen molar-refractivity contribution >= 4 is 17.1 Å².